The summed E-state index contributed by atoms with van der Waals surface area (Å²) >= 11 is 0. The quantitative estimate of drug-likeness (QED) is 0.181. The van der Waals surface area contributed by atoms with Crippen LogP contribution in [0.5, 0.6) is 17.2 Å². The van der Waals surface area contributed by atoms with Crippen LogP contribution in [-0.4, -0.2) is 58.5 Å². The molecule has 0 spiro atoms. The lowest BCUT2D eigenvalue weighted by Gasteiger charge is -2.15. The largest absolute Gasteiger partial charge is 0.454 e. The van der Waals surface area contributed by atoms with E-state index < -0.39 is 6.61 Å². The van der Waals surface area contributed by atoms with E-state index in [1.807, 2.05) is 0 Å². The summed E-state index contributed by atoms with van der Waals surface area (Å²) in [5, 5.41) is 6.37. The minimum Gasteiger partial charge on any atom is -0.454 e. The van der Waals surface area contributed by atoms with Crippen molar-refractivity contribution in [1.29, 1.82) is 0 Å². The molecule has 1 aliphatic heterocycles. The van der Waals surface area contributed by atoms with Crippen LogP contribution >= 0.6 is 24.0 Å². The third-order valence-electron chi connectivity index (χ3n) is 4.52. The maximum Gasteiger partial charge on any atom is 0.387 e. The fraction of sp³-hybridized carbons (Fsp3) is 0.650. The summed E-state index contributed by atoms with van der Waals surface area (Å²) in [7, 11) is 5.86. The second kappa shape index (κ2) is 14.4. The fourth-order valence-corrected chi connectivity index (χ4v) is 3.00. The van der Waals surface area contributed by atoms with E-state index in [9.17, 15) is 8.78 Å². The first-order valence-corrected chi connectivity index (χ1v) is 9.96. The van der Waals surface area contributed by atoms with Gasteiger partial charge in [0, 0.05) is 31.8 Å². The number of ether oxygens (including phenoxy) is 3. The van der Waals surface area contributed by atoms with Gasteiger partial charge in [-0.15, -0.1) is 24.0 Å². The van der Waals surface area contributed by atoms with E-state index in [1.165, 1.54) is 25.3 Å². The number of aliphatic imine (C=N–C) groups is 1. The van der Waals surface area contributed by atoms with Crippen LogP contribution in [0.15, 0.2) is 17.1 Å². The van der Waals surface area contributed by atoms with Gasteiger partial charge in [0.2, 0.25) is 6.79 Å². The van der Waals surface area contributed by atoms with Crippen LogP contribution in [0.25, 0.3) is 0 Å². The van der Waals surface area contributed by atoms with Crippen molar-refractivity contribution >= 4 is 29.9 Å². The molecule has 30 heavy (non-hydrogen) atoms. The minimum absolute atomic E-state index is 0. The lowest BCUT2D eigenvalue weighted by molar-refractivity contribution is -0.0505. The molecule has 0 radical (unpaired) electrons. The Morgan fingerprint density at radius 1 is 1.10 bits per heavy atom. The molecule has 0 saturated heterocycles. The van der Waals surface area contributed by atoms with Crippen LogP contribution in [0.1, 0.15) is 37.7 Å². The van der Waals surface area contributed by atoms with Gasteiger partial charge in [-0.25, -0.2) is 0 Å². The molecule has 0 saturated carbocycles. The van der Waals surface area contributed by atoms with Crippen molar-refractivity contribution in [3.8, 4) is 17.2 Å². The zero-order valence-corrected chi connectivity index (χ0v) is 20.2. The van der Waals surface area contributed by atoms with E-state index in [1.54, 1.807) is 13.1 Å². The second-order valence-corrected chi connectivity index (χ2v) is 7.12. The summed E-state index contributed by atoms with van der Waals surface area (Å²) in [4.78, 5) is 6.38. The Hall–Kier alpha value is -1.56. The predicted molar refractivity (Wildman–Crippen MR) is 124 cm³/mol. The van der Waals surface area contributed by atoms with Gasteiger partial charge in [-0.3, -0.25) is 4.99 Å². The lowest BCUT2D eigenvalue weighted by atomic mass is 10.1. The molecule has 1 aromatic carbocycles. The number of hydrogen-bond donors (Lipinski definition) is 2. The summed E-state index contributed by atoms with van der Waals surface area (Å²) in [5.74, 6) is 1.58. The Morgan fingerprint density at radius 2 is 1.77 bits per heavy atom. The van der Waals surface area contributed by atoms with Crippen molar-refractivity contribution in [1.82, 2.24) is 15.5 Å². The van der Waals surface area contributed by atoms with E-state index in [4.69, 9.17) is 9.47 Å². The highest BCUT2D eigenvalue weighted by Crippen LogP contribution is 2.38. The molecule has 0 atom stereocenters. The van der Waals surface area contributed by atoms with Gasteiger partial charge in [0.25, 0.3) is 0 Å². The van der Waals surface area contributed by atoms with Gasteiger partial charge >= 0.3 is 6.61 Å². The summed E-state index contributed by atoms with van der Waals surface area (Å²) in [6.07, 6.45) is 5.88. The standard InChI is InChI=1S/C20H32F2N4O3.HI/c1-23-20(24-9-7-5-4-6-8-10-26(2)3)25-13-15-11-17-18(28-14-27-17)12-16(15)29-19(21)22;/h11-12,19H,4-10,13-14H2,1-3H3,(H2,23,24,25);1H. The molecule has 0 aliphatic carbocycles. The second-order valence-electron chi connectivity index (χ2n) is 7.12. The van der Waals surface area contributed by atoms with Gasteiger partial charge in [-0.2, -0.15) is 8.78 Å². The normalized spacial score (nSPS) is 12.8. The Labute approximate surface area is 194 Å². The van der Waals surface area contributed by atoms with Gasteiger partial charge < -0.3 is 29.7 Å². The van der Waals surface area contributed by atoms with Crippen molar-refractivity contribution in [3.05, 3.63) is 17.7 Å². The number of unbranched alkanes of at least 4 members (excludes halogenated alkanes) is 4. The van der Waals surface area contributed by atoms with Crippen molar-refractivity contribution in [3.63, 3.8) is 0 Å². The van der Waals surface area contributed by atoms with E-state index >= 15 is 0 Å². The number of nitrogens with zero attached hydrogens (tertiary/aromatic N) is 2. The van der Waals surface area contributed by atoms with E-state index in [-0.39, 0.29) is 43.1 Å². The molecule has 0 bridgehead atoms. The number of benzene rings is 1. The Balaban J connectivity index is 0.00000450. The molecule has 0 amide bonds. The Bertz CT molecular complexity index is 663. The molecule has 10 heteroatoms. The fourth-order valence-electron chi connectivity index (χ4n) is 3.00. The number of halogens is 3. The van der Waals surface area contributed by atoms with Crippen LogP contribution < -0.4 is 24.8 Å². The van der Waals surface area contributed by atoms with Gasteiger partial charge in [0.05, 0.1) is 0 Å². The van der Waals surface area contributed by atoms with Crippen molar-refractivity contribution in [2.24, 2.45) is 4.99 Å². The third kappa shape index (κ3) is 9.50. The van der Waals surface area contributed by atoms with E-state index in [2.05, 4.69) is 39.4 Å². The number of guanidine groups is 1. The molecule has 1 aliphatic rings. The van der Waals surface area contributed by atoms with Crippen LogP contribution in [0.4, 0.5) is 8.78 Å². The lowest BCUT2D eigenvalue weighted by Crippen LogP contribution is -2.37. The summed E-state index contributed by atoms with van der Waals surface area (Å²) in [6.45, 7) is -0.646. The van der Waals surface area contributed by atoms with Crippen molar-refractivity contribution < 1.29 is 23.0 Å². The zero-order chi connectivity index (χ0) is 21.1. The maximum atomic E-state index is 12.7. The molecule has 1 heterocycles. The van der Waals surface area contributed by atoms with Crippen molar-refractivity contribution in [2.45, 2.75) is 45.3 Å². The van der Waals surface area contributed by atoms with Gasteiger partial charge in [0.1, 0.15) is 5.75 Å². The molecular formula is C20H33F2IN4O3. The monoisotopic (exact) mass is 542 g/mol. The molecule has 172 valence electrons. The third-order valence-corrected chi connectivity index (χ3v) is 4.52. The first-order valence-electron chi connectivity index (χ1n) is 9.96. The zero-order valence-electron chi connectivity index (χ0n) is 17.9. The topological polar surface area (TPSA) is 67.4 Å². The summed E-state index contributed by atoms with van der Waals surface area (Å²) in [6, 6.07) is 3.08. The average Bonchev–Trinajstić information content (AvgIpc) is 3.12. The average molecular weight is 542 g/mol. The molecule has 7 nitrogen and oxygen atoms in total. The van der Waals surface area contributed by atoms with Crippen LogP contribution in [0.2, 0.25) is 0 Å². The molecule has 2 N–H and O–H groups in total. The van der Waals surface area contributed by atoms with Gasteiger partial charge in [-0.1, -0.05) is 19.3 Å². The van der Waals surface area contributed by atoms with Crippen LogP contribution in [-0.2, 0) is 6.54 Å². The first-order chi connectivity index (χ1) is 14.0. The molecule has 2 rings (SSSR count). The highest BCUT2D eigenvalue weighted by Gasteiger charge is 2.20. The molecule has 1 aromatic rings. The number of hydrogen-bond acceptors (Lipinski definition) is 5. The Kier molecular flexibility index (Phi) is 12.7. The number of nitrogens with one attached hydrogen (secondary N) is 2. The molecule has 0 aromatic heterocycles. The van der Waals surface area contributed by atoms with E-state index in [0.29, 0.717) is 23.0 Å². The summed E-state index contributed by atoms with van der Waals surface area (Å²) in [5.41, 5.74) is 0.540. The first kappa shape index (κ1) is 26.5. The molecular weight excluding hydrogens is 509 g/mol. The van der Waals surface area contributed by atoms with Gasteiger partial charge in [-0.05, 0) is 39.5 Å². The Morgan fingerprint density at radius 3 is 2.43 bits per heavy atom. The van der Waals surface area contributed by atoms with Crippen molar-refractivity contribution in [2.75, 3.05) is 41.0 Å². The van der Waals surface area contributed by atoms with E-state index in [0.717, 1.165) is 25.9 Å². The smallest absolute Gasteiger partial charge is 0.387 e. The summed E-state index contributed by atoms with van der Waals surface area (Å²) < 4.78 is 40.6. The van der Waals surface area contributed by atoms with Crippen LogP contribution in [0, 0.1) is 0 Å². The highest BCUT2D eigenvalue weighted by atomic mass is 127. The SMILES string of the molecule is CN=C(NCCCCCCCN(C)C)NCc1cc2c(cc1OC(F)F)OCO2.I. The number of fused-ring (bicyclic) bond motifs is 1. The minimum atomic E-state index is -2.91. The highest BCUT2D eigenvalue weighted by molar-refractivity contribution is 14.0. The van der Waals surface area contributed by atoms with Gasteiger partial charge in [0.15, 0.2) is 17.5 Å². The molecule has 0 fully saturated rings. The predicted octanol–water partition coefficient (Wildman–Crippen LogP) is 3.81. The maximum absolute atomic E-state index is 12.7. The van der Waals surface area contributed by atoms with Crippen LogP contribution in [0.3, 0.4) is 0 Å². The number of rotatable bonds is 12. The number of alkyl halides is 2. The molecule has 0 unspecified atom stereocenters.